The Morgan fingerprint density at radius 1 is 1.82 bits per heavy atom. The highest BCUT2D eigenvalue weighted by atomic mass is 16.6. The molecule has 1 atom stereocenters. The number of hydrogen-bond acceptors (Lipinski definition) is 3. The molecule has 1 aliphatic heterocycles. The zero-order valence-corrected chi connectivity index (χ0v) is 6.34. The van der Waals surface area contributed by atoms with Crippen molar-refractivity contribution >= 4 is 5.97 Å². The van der Waals surface area contributed by atoms with Crippen LogP contribution in [0.25, 0.3) is 0 Å². The fourth-order valence-corrected chi connectivity index (χ4v) is 0.995. The second kappa shape index (κ2) is 4.13. The number of carbonyl (C=O) groups is 1. The molecule has 1 rings (SSSR count). The first kappa shape index (κ1) is 8.27. The van der Waals surface area contributed by atoms with Gasteiger partial charge in [0.15, 0.2) is 0 Å². The summed E-state index contributed by atoms with van der Waals surface area (Å²) in [6.45, 7) is 4.28. The van der Waals surface area contributed by atoms with Gasteiger partial charge in [-0.2, -0.15) is 0 Å². The first-order valence-corrected chi connectivity index (χ1v) is 3.64. The molecule has 1 fully saturated rings. The normalized spacial score (nSPS) is 23.1. The highest BCUT2D eigenvalue weighted by molar-refractivity contribution is 5.76. The minimum Gasteiger partial charge on any atom is -0.459 e. The highest BCUT2D eigenvalue weighted by Crippen LogP contribution is 2.11. The van der Waals surface area contributed by atoms with E-state index < -0.39 is 5.97 Å². The molecule has 3 heteroatoms. The summed E-state index contributed by atoms with van der Waals surface area (Å²) >= 11 is 0. The van der Waals surface area contributed by atoms with E-state index in [9.17, 15) is 4.79 Å². The van der Waals surface area contributed by atoms with Gasteiger partial charge in [-0.15, -0.1) is 0 Å². The molecule has 0 N–H and O–H groups in total. The molecule has 1 saturated heterocycles. The van der Waals surface area contributed by atoms with Crippen LogP contribution < -0.4 is 0 Å². The topological polar surface area (TPSA) is 35.5 Å². The third-order valence-electron chi connectivity index (χ3n) is 1.57. The van der Waals surface area contributed by atoms with Gasteiger partial charge in [-0.3, -0.25) is 0 Å². The SMILES string of the molecule is C=[C]C(=O)OCC1CCCO1. The summed E-state index contributed by atoms with van der Waals surface area (Å²) in [5, 5.41) is 0. The number of esters is 1. The Bertz CT molecular complexity index is 147. The van der Waals surface area contributed by atoms with Crippen LogP contribution in [0.1, 0.15) is 12.8 Å². The van der Waals surface area contributed by atoms with Gasteiger partial charge in [0.05, 0.1) is 12.2 Å². The van der Waals surface area contributed by atoms with Crippen LogP contribution in [0.3, 0.4) is 0 Å². The molecule has 0 aromatic rings. The van der Waals surface area contributed by atoms with Crippen molar-refractivity contribution < 1.29 is 14.3 Å². The number of carbonyl (C=O) groups excluding carboxylic acids is 1. The van der Waals surface area contributed by atoms with Crippen LogP contribution in [0.2, 0.25) is 0 Å². The summed E-state index contributed by atoms with van der Waals surface area (Å²) in [5.74, 6) is -0.500. The number of hydrogen-bond donors (Lipinski definition) is 0. The average molecular weight is 155 g/mol. The molecule has 1 heterocycles. The van der Waals surface area contributed by atoms with Gasteiger partial charge in [-0.25, -0.2) is 4.79 Å². The number of ether oxygens (including phenoxy) is 2. The fraction of sp³-hybridized carbons (Fsp3) is 0.625. The molecular weight excluding hydrogens is 144 g/mol. The summed E-state index contributed by atoms with van der Waals surface area (Å²) in [5.41, 5.74) is 0. The largest absolute Gasteiger partial charge is 0.459 e. The molecule has 0 amide bonds. The molecule has 11 heavy (non-hydrogen) atoms. The lowest BCUT2D eigenvalue weighted by molar-refractivity contribution is -0.141. The highest BCUT2D eigenvalue weighted by Gasteiger charge is 2.16. The van der Waals surface area contributed by atoms with Crippen LogP contribution in [0.4, 0.5) is 0 Å². The van der Waals surface area contributed by atoms with Crippen LogP contribution >= 0.6 is 0 Å². The van der Waals surface area contributed by atoms with Gasteiger partial charge < -0.3 is 9.47 Å². The average Bonchev–Trinajstić information content (AvgIpc) is 2.52. The van der Waals surface area contributed by atoms with E-state index in [0.717, 1.165) is 19.4 Å². The zero-order chi connectivity index (χ0) is 8.10. The lowest BCUT2D eigenvalue weighted by Crippen LogP contribution is -2.16. The van der Waals surface area contributed by atoms with Crippen molar-refractivity contribution in [2.45, 2.75) is 18.9 Å². The standard InChI is InChI=1S/C8H11O3/c1-2-8(9)11-6-7-4-3-5-10-7/h7H,1,3-6H2. The Morgan fingerprint density at radius 3 is 3.18 bits per heavy atom. The zero-order valence-electron chi connectivity index (χ0n) is 6.34. The van der Waals surface area contributed by atoms with E-state index in [4.69, 9.17) is 9.47 Å². The minimum atomic E-state index is -0.500. The Morgan fingerprint density at radius 2 is 2.64 bits per heavy atom. The van der Waals surface area contributed by atoms with E-state index in [1.54, 1.807) is 0 Å². The molecule has 3 nitrogen and oxygen atoms in total. The maximum absolute atomic E-state index is 10.5. The maximum Gasteiger partial charge on any atom is 0.338 e. The van der Waals surface area contributed by atoms with Crippen molar-refractivity contribution in [1.29, 1.82) is 0 Å². The maximum atomic E-state index is 10.5. The fourth-order valence-electron chi connectivity index (χ4n) is 0.995. The molecule has 1 unspecified atom stereocenters. The molecule has 0 aromatic heterocycles. The van der Waals surface area contributed by atoms with E-state index in [1.165, 1.54) is 0 Å². The third-order valence-corrected chi connectivity index (χ3v) is 1.57. The van der Waals surface area contributed by atoms with Gasteiger partial charge in [-0.05, 0) is 12.8 Å². The second-order valence-corrected chi connectivity index (χ2v) is 2.41. The van der Waals surface area contributed by atoms with Gasteiger partial charge in [0.2, 0.25) is 0 Å². The van der Waals surface area contributed by atoms with Gasteiger partial charge in [0, 0.05) is 6.61 Å². The number of rotatable bonds is 3. The molecular formula is C8H11O3. The van der Waals surface area contributed by atoms with E-state index in [1.807, 2.05) is 0 Å². The van der Waals surface area contributed by atoms with E-state index in [-0.39, 0.29) is 6.10 Å². The minimum absolute atomic E-state index is 0.0901. The molecule has 1 radical (unpaired) electrons. The van der Waals surface area contributed by atoms with Crippen LogP contribution in [-0.2, 0) is 14.3 Å². The van der Waals surface area contributed by atoms with E-state index in [2.05, 4.69) is 12.7 Å². The Labute approximate surface area is 66.0 Å². The molecule has 0 saturated carbocycles. The summed E-state index contributed by atoms with van der Waals surface area (Å²) in [6.07, 6.45) is 4.24. The van der Waals surface area contributed by atoms with Crippen molar-refractivity contribution in [3.8, 4) is 0 Å². The van der Waals surface area contributed by atoms with E-state index in [0.29, 0.717) is 6.61 Å². The second-order valence-electron chi connectivity index (χ2n) is 2.41. The van der Waals surface area contributed by atoms with Gasteiger partial charge >= 0.3 is 5.97 Å². The monoisotopic (exact) mass is 155 g/mol. The van der Waals surface area contributed by atoms with Crippen LogP contribution in [0.15, 0.2) is 6.58 Å². The Kier molecular flexibility index (Phi) is 3.11. The summed E-state index contributed by atoms with van der Waals surface area (Å²) in [7, 11) is 0. The predicted octanol–water partition coefficient (Wildman–Crippen LogP) is 0.698. The Balaban J connectivity index is 2.10. The summed E-state index contributed by atoms with van der Waals surface area (Å²) in [6, 6.07) is 0. The molecule has 0 aliphatic carbocycles. The predicted molar refractivity (Wildman–Crippen MR) is 38.8 cm³/mol. The van der Waals surface area contributed by atoms with Crippen molar-refractivity contribution in [2.75, 3.05) is 13.2 Å². The van der Waals surface area contributed by atoms with Gasteiger partial charge in [0.25, 0.3) is 0 Å². The van der Waals surface area contributed by atoms with Gasteiger partial charge in [0.1, 0.15) is 6.61 Å². The van der Waals surface area contributed by atoms with Crippen LogP contribution in [0, 0.1) is 6.08 Å². The molecule has 0 bridgehead atoms. The quantitative estimate of drug-likeness (QED) is 0.444. The summed E-state index contributed by atoms with van der Waals surface area (Å²) < 4.78 is 9.96. The van der Waals surface area contributed by atoms with Crippen LogP contribution in [-0.4, -0.2) is 25.3 Å². The summed E-state index contributed by atoms with van der Waals surface area (Å²) in [4.78, 5) is 10.5. The molecule has 0 aromatic carbocycles. The van der Waals surface area contributed by atoms with E-state index >= 15 is 0 Å². The lowest BCUT2D eigenvalue weighted by Gasteiger charge is -2.07. The lowest BCUT2D eigenvalue weighted by atomic mass is 10.2. The van der Waals surface area contributed by atoms with Crippen LogP contribution in [0.5, 0.6) is 0 Å². The van der Waals surface area contributed by atoms with Crippen molar-refractivity contribution in [3.05, 3.63) is 12.7 Å². The first-order valence-electron chi connectivity index (χ1n) is 3.64. The Hall–Kier alpha value is -0.830. The van der Waals surface area contributed by atoms with Crippen molar-refractivity contribution in [3.63, 3.8) is 0 Å². The van der Waals surface area contributed by atoms with Crippen molar-refractivity contribution in [2.24, 2.45) is 0 Å². The van der Waals surface area contributed by atoms with Crippen molar-refractivity contribution in [1.82, 2.24) is 0 Å². The molecule has 1 aliphatic rings. The smallest absolute Gasteiger partial charge is 0.338 e. The molecule has 0 spiro atoms. The van der Waals surface area contributed by atoms with Gasteiger partial charge in [-0.1, -0.05) is 6.58 Å². The molecule has 61 valence electrons. The third kappa shape index (κ3) is 2.72. The first-order chi connectivity index (χ1) is 5.33.